The largest absolute Gasteiger partial charge is 2.00 e. The van der Waals surface area contributed by atoms with Gasteiger partial charge in [-0.2, -0.15) is 0 Å². The summed E-state index contributed by atoms with van der Waals surface area (Å²) >= 11 is 0. The molecule has 1 atom stereocenters. The third kappa shape index (κ3) is 16.8. The van der Waals surface area contributed by atoms with Gasteiger partial charge in [-0.3, -0.25) is 4.90 Å². The molecule has 7 nitrogen and oxygen atoms in total. The molecule has 10 heteroatoms. The van der Waals surface area contributed by atoms with E-state index in [1.165, 1.54) is 38.5 Å². The fourth-order valence-electron chi connectivity index (χ4n) is 7.11. The van der Waals surface area contributed by atoms with Crippen LogP contribution in [0.3, 0.4) is 0 Å². The zero-order valence-electron chi connectivity index (χ0n) is 35.7. The molecule has 61 heavy (non-hydrogen) atoms. The maximum atomic E-state index is 5.87. The van der Waals surface area contributed by atoms with Crippen molar-refractivity contribution < 1.29 is 40.8 Å². The number of benzene rings is 4. The van der Waals surface area contributed by atoms with Crippen molar-refractivity contribution >= 4 is 37.1 Å². The van der Waals surface area contributed by atoms with Crippen molar-refractivity contribution in [1.29, 1.82) is 0 Å². The van der Waals surface area contributed by atoms with Gasteiger partial charge in [-0.1, -0.05) is 121 Å². The Morgan fingerprint density at radius 1 is 0.492 bits per heavy atom. The SMILES string of the molecule is C[C@@H]([C]1[CH][CH][CH][C]1P(c1ccccc1)c1ccccc1)N(C)CCN1CCOCCOCCOCCOCCOCC1.[CH]1[CH][CH][C](P(c2ccccc2)c2ccccc2)[CH]1.[Fe+2]. The second-order valence-electron chi connectivity index (χ2n) is 14.6. The quantitative estimate of drug-likeness (QED) is 0.118. The molecule has 7 rings (SSSR count). The molecular weight excluding hydrogens is 838 g/mol. The molecule has 2 saturated carbocycles. The average Bonchev–Trinajstić information content (AvgIpc) is 4.01. The third-order valence-corrected chi connectivity index (χ3v) is 15.5. The molecule has 1 saturated heterocycles. The van der Waals surface area contributed by atoms with Crippen molar-refractivity contribution in [2.24, 2.45) is 0 Å². The fraction of sp³-hybridized carbons (Fsp3) is 0.333. The number of hydrogen-bond acceptors (Lipinski definition) is 7. The second-order valence-corrected chi connectivity index (χ2v) is 19.0. The molecule has 0 N–H and O–H groups in total. The van der Waals surface area contributed by atoms with E-state index in [4.69, 9.17) is 23.7 Å². The summed E-state index contributed by atoms with van der Waals surface area (Å²) < 4.78 is 28.4. The minimum atomic E-state index is -0.633. The molecule has 3 fully saturated rings. The Balaban J connectivity index is 0.000000307. The smallest absolute Gasteiger partial charge is 0.378 e. The molecule has 0 spiro atoms. The summed E-state index contributed by atoms with van der Waals surface area (Å²) in [6.45, 7) is 12.0. The van der Waals surface area contributed by atoms with Crippen molar-refractivity contribution in [3.05, 3.63) is 184 Å². The Labute approximate surface area is 381 Å². The zero-order valence-corrected chi connectivity index (χ0v) is 38.6. The van der Waals surface area contributed by atoms with Gasteiger partial charge in [-0.15, -0.1) is 0 Å². The van der Waals surface area contributed by atoms with Crippen LogP contribution in [-0.2, 0) is 40.8 Å². The summed E-state index contributed by atoms with van der Waals surface area (Å²) in [5, 5.41) is 5.58. The van der Waals surface area contributed by atoms with Crippen LogP contribution in [0.2, 0.25) is 0 Å². The summed E-state index contributed by atoms with van der Waals surface area (Å²) in [5.41, 5.74) is 2.86. The maximum Gasteiger partial charge on any atom is 2.00 e. The van der Waals surface area contributed by atoms with E-state index in [1.54, 1.807) is 0 Å². The van der Waals surface area contributed by atoms with Gasteiger partial charge in [0.1, 0.15) is 0 Å². The van der Waals surface area contributed by atoms with Gasteiger partial charge in [0.15, 0.2) is 0 Å². The number of nitrogens with zero attached hydrogens (tertiary/aromatic N) is 2. The van der Waals surface area contributed by atoms with Crippen LogP contribution in [0.25, 0.3) is 0 Å². The van der Waals surface area contributed by atoms with E-state index >= 15 is 0 Å². The molecule has 1 aliphatic heterocycles. The van der Waals surface area contributed by atoms with Gasteiger partial charge in [0.2, 0.25) is 0 Å². The number of hydrogen-bond donors (Lipinski definition) is 0. The van der Waals surface area contributed by atoms with Gasteiger partial charge in [0.25, 0.3) is 0 Å². The van der Waals surface area contributed by atoms with E-state index < -0.39 is 15.8 Å². The van der Waals surface area contributed by atoms with Crippen LogP contribution >= 0.6 is 15.8 Å². The van der Waals surface area contributed by atoms with Crippen LogP contribution in [0.5, 0.6) is 0 Å². The molecule has 0 amide bonds. The van der Waals surface area contributed by atoms with Crippen LogP contribution in [0, 0.1) is 62.2 Å². The monoisotopic (exact) mass is 900 g/mol. The van der Waals surface area contributed by atoms with Crippen molar-refractivity contribution in [2.45, 2.75) is 13.0 Å². The summed E-state index contributed by atoms with van der Waals surface area (Å²) in [6.07, 6.45) is 15.6. The summed E-state index contributed by atoms with van der Waals surface area (Å²) in [4.78, 5) is 4.91. The van der Waals surface area contributed by atoms with E-state index in [-0.39, 0.29) is 17.1 Å². The Kier molecular flexibility index (Phi) is 24.1. The molecular formula is C51H62FeN2O5P2+2. The molecule has 10 radical (unpaired) electrons. The summed E-state index contributed by atoms with van der Waals surface area (Å²) in [6, 6.07) is 43.7. The third-order valence-electron chi connectivity index (χ3n) is 10.5. The van der Waals surface area contributed by atoms with Crippen LogP contribution in [0.1, 0.15) is 6.92 Å². The van der Waals surface area contributed by atoms with Gasteiger partial charge in [0, 0.05) is 49.5 Å². The van der Waals surface area contributed by atoms with E-state index in [2.05, 4.69) is 190 Å². The molecule has 322 valence electrons. The molecule has 3 aliphatic rings. The van der Waals surface area contributed by atoms with E-state index in [1.807, 2.05) is 0 Å². The first-order valence-corrected chi connectivity index (χ1v) is 24.0. The maximum absolute atomic E-state index is 5.87. The Morgan fingerprint density at radius 3 is 1.28 bits per heavy atom. The average molecular weight is 901 g/mol. The summed E-state index contributed by atoms with van der Waals surface area (Å²) in [7, 11) is 1.20. The normalized spacial score (nSPS) is 19.5. The minimum Gasteiger partial charge on any atom is -0.378 e. The van der Waals surface area contributed by atoms with E-state index in [0.717, 1.165) is 26.2 Å². The molecule has 2 aliphatic carbocycles. The van der Waals surface area contributed by atoms with Crippen LogP contribution in [0.4, 0.5) is 0 Å². The predicted molar refractivity (Wildman–Crippen MR) is 251 cm³/mol. The summed E-state index contributed by atoms with van der Waals surface area (Å²) in [5.74, 6) is 1.41. The molecule has 4 aromatic carbocycles. The van der Waals surface area contributed by atoms with E-state index in [9.17, 15) is 0 Å². The standard InChI is InChI=1S/C34H48N2O5P.C17H14P.Fe/c1-30(33-14-9-15-34(33)42(31-10-5-3-6-11-31)32-12-7-4-8-13-32)35(2)16-17-36-18-20-37-22-24-39-26-28-41-29-27-40-25-23-38-21-19-36;1-3-9-15(10-4-1)18(17-13-7-8-14-17)16-11-5-2-6-12-16;/h3-15,30H,16-29H2,1-2H3;1-14H;/q;;+2/t30-;;/m0../s1. The number of ether oxygens (including phenoxy) is 5. The Hall–Kier alpha value is -2.02. The first-order chi connectivity index (χ1) is 29.7. The zero-order chi connectivity index (χ0) is 41.5. The van der Waals surface area contributed by atoms with Crippen molar-refractivity contribution in [3.63, 3.8) is 0 Å². The topological polar surface area (TPSA) is 52.6 Å². The van der Waals surface area contributed by atoms with Crippen LogP contribution in [0.15, 0.2) is 121 Å². The van der Waals surface area contributed by atoms with Crippen molar-refractivity contribution in [2.75, 3.05) is 99.3 Å². The molecule has 4 aromatic rings. The molecule has 1 heterocycles. The Bertz CT molecular complexity index is 1580. The first kappa shape index (κ1) is 50.0. The van der Waals surface area contributed by atoms with Gasteiger partial charge in [-0.05, 0) is 96.0 Å². The van der Waals surface area contributed by atoms with Gasteiger partial charge in [-0.25, -0.2) is 0 Å². The second kappa shape index (κ2) is 29.4. The van der Waals surface area contributed by atoms with Gasteiger partial charge < -0.3 is 28.6 Å². The minimum absolute atomic E-state index is 0. The van der Waals surface area contributed by atoms with Crippen molar-refractivity contribution in [1.82, 2.24) is 9.80 Å². The van der Waals surface area contributed by atoms with Crippen LogP contribution in [-0.4, -0.2) is 115 Å². The first-order valence-electron chi connectivity index (χ1n) is 21.3. The number of rotatable bonds is 11. The molecule has 0 aromatic heterocycles. The number of likely N-dealkylation sites (N-methyl/N-ethyl adjacent to an activating group) is 1. The molecule has 0 unspecified atom stereocenters. The Morgan fingerprint density at radius 2 is 0.869 bits per heavy atom. The van der Waals surface area contributed by atoms with Crippen molar-refractivity contribution in [3.8, 4) is 0 Å². The van der Waals surface area contributed by atoms with Gasteiger partial charge >= 0.3 is 17.1 Å². The van der Waals surface area contributed by atoms with Crippen LogP contribution < -0.4 is 21.2 Å². The fourth-order valence-corrected chi connectivity index (χ4v) is 12.0. The van der Waals surface area contributed by atoms with E-state index in [0.29, 0.717) is 72.1 Å². The molecule has 0 bridgehead atoms. The predicted octanol–water partition coefficient (Wildman–Crippen LogP) is 7.05. The van der Waals surface area contributed by atoms with Gasteiger partial charge in [0.05, 0.1) is 66.1 Å².